The van der Waals surface area contributed by atoms with E-state index in [4.69, 9.17) is 5.73 Å². The molecule has 0 amide bonds. The minimum Gasteiger partial charge on any atom is -0.392 e. The minimum absolute atomic E-state index is 0.00776. The van der Waals surface area contributed by atoms with Crippen LogP contribution in [0.15, 0.2) is 0 Å². The fourth-order valence-corrected chi connectivity index (χ4v) is 3.17. The van der Waals surface area contributed by atoms with Gasteiger partial charge in [0.25, 0.3) is 0 Å². The average molecular weight is 280 g/mol. The molecular formula is C9H20N4O2S2. The highest BCUT2D eigenvalue weighted by Crippen LogP contribution is 2.05. The van der Waals surface area contributed by atoms with Gasteiger partial charge in [0.2, 0.25) is 10.0 Å². The topological polar surface area (TPSA) is 78.7 Å². The summed E-state index contributed by atoms with van der Waals surface area (Å²) >= 11 is 4.60. The summed E-state index contributed by atoms with van der Waals surface area (Å²) in [6, 6.07) is 0.190. The second-order valence-corrected chi connectivity index (χ2v) is 6.80. The van der Waals surface area contributed by atoms with Gasteiger partial charge in [-0.25, -0.2) is 13.1 Å². The molecule has 3 N–H and O–H groups in total. The van der Waals surface area contributed by atoms with E-state index in [1.165, 1.54) is 0 Å². The maximum absolute atomic E-state index is 11.6. The van der Waals surface area contributed by atoms with E-state index in [0.29, 0.717) is 6.54 Å². The molecule has 1 rings (SSSR count). The molecule has 0 aromatic rings. The van der Waals surface area contributed by atoms with E-state index < -0.39 is 10.0 Å². The molecule has 0 spiro atoms. The van der Waals surface area contributed by atoms with Crippen LogP contribution < -0.4 is 10.5 Å². The first-order valence-electron chi connectivity index (χ1n) is 5.44. The zero-order valence-electron chi connectivity index (χ0n) is 10.2. The molecule has 8 heteroatoms. The number of piperazine rings is 1. The Morgan fingerprint density at radius 3 is 2.71 bits per heavy atom. The third-order valence-electron chi connectivity index (χ3n) is 2.85. The fourth-order valence-electron chi connectivity index (χ4n) is 1.78. The number of nitrogens with one attached hydrogen (secondary N) is 1. The number of hydrogen-bond acceptors (Lipinski definition) is 5. The van der Waals surface area contributed by atoms with Crippen LogP contribution in [0.2, 0.25) is 0 Å². The second kappa shape index (κ2) is 6.05. The lowest BCUT2D eigenvalue weighted by molar-refractivity contribution is 0.117. The highest BCUT2D eigenvalue weighted by molar-refractivity contribution is 7.92. The lowest BCUT2D eigenvalue weighted by Gasteiger charge is -2.37. The van der Waals surface area contributed by atoms with E-state index in [1.807, 2.05) is 14.1 Å². The summed E-state index contributed by atoms with van der Waals surface area (Å²) < 4.78 is 25.7. The Kier molecular flexibility index (Phi) is 5.26. The predicted octanol–water partition coefficient (Wildman–Crippen LogP) is -1.56. The number of likely N-dealkylation sites (N-methyl/N-ethyl adjacent to an activating group) is 2. The number of thiocarbonyl (C=S) groups is 1. The van der Waals surface area contributed by atoms with E-state index >= 15 is 0 Å². The highest BCUT2D eigenvalue weighted by Gasteiger charge is 2.23. The van der Waals surface area contributed by atoms with Gasteiger partial charge in [-0.2, -0.15) is 0 Å². The van der Waals surface area contributed by atoms with Crippen molar-refractivity contribution in [1.29, 1.82) is 0 Å². The predicted molar refractivity (Wildman–Crippen MR) is 72.5 cm³/mol. The summed E-state index contributed by atoms with van der Waals surface area (Å²) in [6.07, 6.45) is 0. The first kappa shape index (κ1) is 14.8. The summed E-state index contributed by atoms with van der Waals surface area (Å²) in [5.41, 5.74) is 5.23. The third kappa shape index (κ3) is 5.26. The zero-order valence-corrected chi connectivity index (χ0v) is 11.9. The van der Waals surface area contributed by atoms with Crippen molar-refractivity contribution in [2.24, 2.45) is 5.73 Å². The van der Waals surface area contributed by atoms with Crippen molar-refractivity contribution < 1.29 is 8.42 Å². The monoisotopic (exact) mass is 280 g/mol. The number of nitrogens with zero attached hydrogens (tertiary/aromatic N) is 2. The van der Waals surface area contributed by atoms with Crippen molar-refractivity contribution in [1.82, 2.24) is 14.5 Å². The molecule has 1 atom stereocenters. The van der Waals surface area contributed by atoms with Gasteiger partial charge in [0.05, 0.1) is 4.99 Å². The molecule has 100 valence electrons. The summed E-state index contributed by atoms with van der Waals surface area (Å²) in [5.74, 6) is -0.283. The molecular weight excluding hydrogens is 260 g/mol. The number of sulfonamides is 1. The largest absolute Gasteiger partial charge is 0.392 e. The minimum atomic E-state index is -3.38. The van der Waals surface area contributed by atoms with Crippen LogP contribution in [0.4, 0.5) is 0 Å². The third-order valence-corrected chi connectivity index (χ3v) is 4.48. The number of hydrogen-bond donors (Lipinski definition) is 2. The van der Waals surface area contributed by atoms with Crippen molar-refractivity contribution in [2.45, 2.75) is 6.04 Å². The summed E-state index contributed by atoms with van der Waals surface area (Å²) in [5, 5.41) is 0. The lowest BCUT2D eigenvalue weighted by atomic mass is 10.2. The standard InChI is InChI=1S/C9H20N4O2S2/c1-12-3-4-13(2)8(6-12)5-11-17(14,15)7-9(10)16/h8,11H,3-7H2,1-2H3,(H2,10,16). The number of rotatable bonds is 5. The van der Waals surface area contributed by atoms with Gasteiger partial charge in [-0.1, -0.05) is 12.2 Å². The number of nitrogens with two attached hydrogens (primary N) is 1. The molecule has 1 fully saturated rings. The molecule has 1 heterocycles. The van der Waals surface area contributed by atoms with Gasteiger partial charge >= 0.3 is 0 Å². The van der Waals surface area contributed by atoms with Crippen molar-refractivity contribution in [2.75, 3.05) is 46.0 Å². The SMILES string of the molecule is CN1CCN(C)C(CNS(=O)(=O)CC(N)=S)C1. The van der Waals surface area contributed by atoms with Crippen molar-refractivity contribution in [3.63, 3.8) is 0 Å². The van der Waals surface area contributed by atoms with Crippen LogP contribution in [0.25, 0.3) is 0 Å². The molecule has 0 aromatic heterocycles. The van der Waals surface area contributed by atoms with Gasteiger partial charge in [-0.3, -0.25) is 4.90 Å². The molecule has 0 radical (unpaired) electrons. The van der Waals surface area contributed by atoms with Gasteiger partial charge in [0.1, 0.15) is 5.75 Å². The Morgan fingerprint density at radius 1 is 1.47 bits per heavy atom. The molecule has 0 bridgehead atoms. The molecule has 1 aliphatic heterocycles. The second-order valence-electron chi connectivity index (χ2n) is 4.47. The first-order chi connectivity index (χ1) is 7.80. The van der Waals surface area contributed by atoms with Gasteiger partial charge in [-0.15, -0.1) is 0 Å². The van der Waals surface area contributed by atoms with Crippen LogP contribution in [0.1, 0.15) is 0 Å². The maximum Gasteiger partial charge on any atom is 0.218 e. The van der Waals surface area contributed by atoms with Crippen LogP contribution in [-0.2, 0) is 10.0 Å². The molecule has 0 saturated carbocycles. The van der Waals surface area contributed by atoms with Crippen LogP contribution in [0.3, 0.4) is 0 Å². The van der Waals surface area contributed by atoms with Crippen LogP contribution in [0, 0.1) is 0 Å². The molecule has 0 aliphatic carbocycles. The fraction of sp³-hybridized carbons (Fsp3) is 0.889. The van der Waals surface area contributed by atoms with Gasteiger partial charge in [0, 0.05) is 32.2 Å². The summed E-state index contributed by atoms with van der Waals surface area (Å²) in [7, 11) is 0.648. The van der Waals surface area contributed by atoms with Crippen LogP contribution in [0.5, 0.6) is 0 Å². The van der Waals surface area contributed by atoms with E-state index in [2.05, 4.69) is 26.7 Å². The van der Waals surface area contributed by atoms with E-state index in [9.17, 15) is 8.42 Å². The zero-order chi connectivity index (χ0) is 13.1. The smallest absolute Gasteiger partial charge is 0.218 e. The Morgan fingerprint density at radius 2 is 2.12 bits per heavy atom. The Hall–Kier alpha value is -0.280. The normalized spacial score (nSPS) is 23.8. The molecule has 1 unspecified atom stereocenters. The molecule has 1 saturated heterocycles. The summed E-state index contributed by atoms with van der Waals surface area (Å²) in [4.78, 5) is 4.34. The molecule has 0 aromatic carbocycles. The first-order valence-corrected chi connectivity index (χ1v) is 7.50. The lowest BCUT2D eigenvalue weighted by Crippen LogP contribution is -2.54. The molecule has 17 heavy (non-hydrogen) atoms. The molecule has 6 nitrogen and oxygen atoms in total. The van der Waals surface area contributed by atoms with Gasteiger partial charge in [-0.05, 0) is 14.1 Å². The van der Waals surface area contributed by atoms with Crippen LogP contribution >= 0.6 is 12.2 Å². The highest BCUT2D eigenvalue weighted by atomic mass is 32.2. The van der Waals surface area contributed by atoms with E-state index in [1.54, 1.807) is 0 Å². The quantitative estimate of drug-likeness (QED) is 0.593. The Labute approximate surface area is 108 Å². The Balaban J connectivity index is 2.46. The van der Waals surface area contributed by atoms with Crippen molar-refractivity contribution in [3.05, 3.63) is 0 Å². The van der Waals surface area contributed by atoms with Crippen molar-refractivity contribution >= 4 is 27.2 Å². The molecule has 1 aliphatic rings. The van der Waals surface area contributed by atoms with E-state index in [-0.39, 0.29) is 16.8 Å². The van der Waals surface area contributed by atoms with Gasteiger partial charge < -0.3 is 10.6 Å². The van der Waals surface area contributed by atoms with E-state index in [0.717, 1.165) is 19.6 Å². The van der Waals surface area contributed by atoms with Crippen LogP contribution in [-0.4, -0.2) is 75.3 Å². The van der Waals surface area contributed by atoms with Crippen molar-refractivity contribution in [3.8, 4) is 0 Å². The Bertz CT molecular complexity index is 371. The summed E-state index contributed by atoms with van der Waals surface area (Å²) in [6.45, 7) is 3.20. The van der Waals surface area contributed by atoms with Gasteiger partial charge in [0.15, 0.2) is 0 Å². The maximum atomic E-state index is 11.6. The average Bonchev–Trinajstić information content (AvgIpc) is 2.17.